The Morgan fingerprint density at radius 1 is 0.970 bits per heavy atom. The number of nitrogens with zero attached hydrogens (tertiary/aromatic N) is 2. The molecular weight excluding hydrogens is 412 g/mol. The molecule has 0 aliphatic heterocycles. The van der Waals surface area contributed by atoms with E-state index >= 15 is 0 Å². The number of hydrogen-bond donors (Lipinski definition) is 0. The van der Waals surface area contributed by atoms with Crippen molar-refractivity contribution in [3.05, 3.63) is 88.2 Å². The second-order valence-electron chi connectivity index (χ2n) is 9.24. The van der Waals surface area contributed by atoms with E-state index in [1.54, 1.807) is 11.7 Å². The van der Waals surface area contributed by atoms with Gasteiger partial charge in [0.1, 0.15) is 23.9 Å². The smallest absolute Gasteiger partial charge is 0.261 e. The van der Waals surface area contributed by atoms with Crippen molar-refractivity contribution in [2.24, 2.45) is 0 Å². The van der Waals surface area contributed by atoms with Gasteiger partial charge in [0.15, 0.2) is 0 Å². The lowest BCUT2D eigenvalue weighted by Crippen LogP contribution is -2.26. The maximum atomic E-state index is 13.4. The SMILES string of the molecule is COc1ccc(-c2nc3ccccc3c(=O)n2CCOc2ccc(C)cc2C(C)(C)C)cc1. The van der Waals surface area contributed by atoms with Crippen LogP contribution in [0.5, 0.6) is 11.5 Å². The third-order valence-corrected chi connectivity index (χ3v) is 5.73. The lowest BCUT2D eigenvalue weighted by Gasteiger charge is -2.23. The van der Waals surface area contributed by atoms with E-state index in [1.807, 2.05) is 54.6 Å². The molecule has 0 aliphatic carbocycles. The van der Waals surface area contributed by atoms with Crippen LogP contribution in [0.1, 0.15) is 31.9 Å². The van der Waals surface area contributed by atoms with E-state index in [1.165, 1.54) is 5.56 Å². The van der Waals surface area contributed by atoms with Gasteiger partial charge in [-0.3, -0.25) is 9.36 Å². The van der Waals surface area contributed by atoms with Crippen LogP contribution in [-0.2, 0) is 12.0 Å². The van der Waals surface area contributed by atoms with Crippen molar-refractivity contribution in [2.45, 2.75) is 39.7 Å². The van der Waals surface area contributed by atoms with Crippen LogP contribution in [0.15, 0.2) is 71.5 Å². The number of aryl methyl sites for hydroxylation is 1. The molecule has 0 amide bonds. The van der Waals surface area contributed by atoms with Crippen molar-refractivity contribution in [2.75, 3.05) is 13.7 Å². The highest BCUT2D eigenvalue weighted by Crippen LogP contribution is 2.32. The molecule has 170 valence electrons. The molecule has 1 aromatic heterocycles. The Kier molecular flexibility index (Phi) is 6.23. The van der Waals surface area contributed by atoms with Gasteiger partial charge in [-0.2, -0.15) is 0 Å². The number of aromatic nitrogens is 2. The molecule has 0 unspecified atom stereocenters. The minimum absolute atomic E-state index is 0.0447. The molecule has 0 fully saturated rings. The average Bonchev–Trinajstić information content (AvgIpc) is 2.80. The molecule has 0 saturated carbocycles. The van der Waals surface area contributed by atoms with Crippen LogP contribution >= 0.6 is 0 Å². The van der Waals surface area contributed by atoms with Crippen molar-refractivity contribution in [3.8, 4) is 22.9 Å². The first-order valence-electron chi connectivity index (χ1n) is 11.2. The van der Waals surface area contributed by atoms with Crippen LogP contribution in [0.25, 0.3) is 22.3 Å². The number of rotatable bonds is 6. The zero-order valence-electron chi connectivity index (χ0n) is 19.9. The molecule has 4 aromatic rings. The highest BCUT2D eigenvalue weighted by atomic mass is 16.5. The minimum atomic E-state index is -0.0741. The van der Waals surface area contributed by atoms with Crippen LogP contribution in [0, 0.1) is 6.92 Å². The second-order valence-corrected chi connectivity index (χ2v) is 9.24. The zero-order chi connectivity index (χ0) is 23.6. The topological polar surface area (TPSA) is 53.3 Å². The Labute approximate surface area is 194 Å². The fourth-order valence-corrected chi connectivity index (χ4v) is 3.94. The van der Waals surface area contributed by atoms with Gasteiger partial charge in [0.2, 0.25) is 0 Å². The number of ether oxygens (including phenoxy) is 2. The number of hydrogen-bond acceptors (Lipinski definition) is 4. The van der Waals surface area contributed by atoms with Crippen LogP contribution in [0.3, 0.4) is 0 Å². The minimum Gasteiger partial charge on any atom is -0.497 e. The summed E-state index contributed by atoms with van der Waals surface area (Å²) in [5, 5.41) is 0.598. The molecule has 5 nitrogen and oxygen atoms in total. The number of benzene rings is 3. The standard InChI is InChI=1S/C28H30N2O3/c1-19-10-15-25(23(18-19)28(2,3)4)33-17-16-30-26(20-11-13-21(32-5)14-12-20)29-24-9-7-6-8-22(24)27(30)31/h6-15,18H,16-17H2,1-5H3. The van der Waals surface area contributed by atoms with E-state index in [-0.39, 0.29) is 11.0 Å². The molecule has 33 heavy (non-hydrogen) atoms. The van der Waals surface area contributed by atoms with Gasteiger partial charge in [0.05, 0.1) is 24.6 Å². The van der Waals surface area contributed by atoms with Gasteiger partial charge in [-0.25, -0.2) is 4.98 Å². The lowest BCUT2D eigenvalue weighted by molar-refractivity contribution is 0.289. The lowest BCUT2D eigenvalue weighted by atomic mass is 9.85. The first kappa shape index (κ1) is 22.6. The summed E-state index contributed by atoms with van der Waals surface area (Å²) < 4.78 is 13.2. The summed E-state index contributed by atoms with van der Waals surface area (Å²) in [6.07, 6.45) is 0. The molecule has 0 radical (unpaired) electrons. The maximum Gasteiger partial charge on any atom is 0.261 e. The summed E-state index contributed by atoms with van der Waals surface area (Å²) in [6, 6.07) is 21.3. The first-order valence-corrected chi connectivity index (χ1v) is 11.2. The van der Waals surface area contributed by atoms with Gasteiger partial charge < -0.3 is 9.47 Å². The molecule has 5 heteroatoms. The van der Waals surface area contributed by atoms with Crippen molar-refractivity contribution in [1.29, 1.82) is 0 Å². The largest absolute Gasteiger partial charge is 0.497 e. The molecule has 0 bridgehead atoms. The van der Waals surface area contributed by atoms with Gasteiger partial charge in [0, 0.05) is 5.56 Å². The van der Waals surface area contributed by atoms with Gasteiger partial charge in [-0.1, -0.05) is 50.6 Å². The van der Waals surface area contributed by atoms with E-state index in [0.717, 1.165) is 22.6 Å². The van der Waals surface area contributed by atoms with Crippen molar-refractivity contribution in [1.82, 2.24) is 9.55 Å². The van der Waals surface area contributed by atoms with E-state index in [9.17, 15) is 4.79 Å². The predicted octanol–water partition coefficient (Wildman–Crippen LogP) is 5.76. The molecule has 0 saturated heterocycles. The van der Waals surface area contributed by atoms with Crippen LogP contribution < -0.4 is 15.0 Å². The fourth-order valence-electron chi connectivity index (χ4n) is 3.94. The molecule has 1 heterocycles. The Morgan fingerprint density at radius 2 is 1.70 bits per heavy atom. The van der Waals surface area contributed by atoms with Gasteiger partial charge in [-0.15, -0.1) is 0 Å². The Morgan fingerprint density at radius 3 is 2.39 bits per heavy atom. The summed E-state index contributed by atoms with van der Waals surface area (Å²) in [5.41, 5.74) is 3.76. The average molecular weight is 443 g/mol. The van der Waals surface area contributed by atoms with Crippen LogP contribution in [0.4, 0.5) is 0 Å². The van der Waals surface area contributed by atoms with Crippen molar-refractivity contribution in [3.63, 3.8) is 0 Å². The molecule has 0 aliphatic rings. The Bertz CT molecular complexity index is 1330. The molecule has 4 rings (SSSR count). The zero-order valence-corrected chi connectivity index (χ0v) is 19.9. The third kappa shape index (κ3) is 4.77. The molecule has 0 N–H and O–H groups in total. The summed E-state index contributed by atoms with van der Waals surface area (Å²) in [6.45, 7) is 9.35. The summed E-state index contributed by atoms with van der Waals surface area (Å²) in [7, 11) is 1.63. The van der Waals surface area contributed by atoms with Crippen LogP contribution in [-0.4, -0.2) is 23.3 Å². The molecule has 0 atom stereocenters. The molecular formula is C28H30N2O3. The van der Waals surface area contributed by atoms with Crippen molar-refractivity contribution < 1.29 is 9.47 Å². The van der Waals surface area contributed by atoms with Gasteiger partial charge >= 0.3 is 0 Å². The molecule has 0 spiro atoms. The highest BCUT2D eigenvalue weighted by molar-refractivity contribution is 5.79. The summed E-state index contributed by atoms with van der Waals surface area (Å²) in [5.74, 6) is 2.22. The Hall–Kier alpha value is -3.60. The van der Waals surface area contributed by atoms with E-state index < -0.39 is 0 Å². The molecule has 3 aromatic carbocycles. The first-order chi connectivity index (χ1) is 15.8. The number of para-hydroxylation sites is 1. The summed E-state index contributed by atoms with van der Waals surface area (Å²) >= 11 is 0. The number of methoxy groups -OCH3 is 1. The van der Waals surface area contributed by atoms with Crippen LogP contribution in [0.2, 0.25) is 0 Å². The van der Waals surface area contributed by atoms with E-state index in [4.69, 9.17) is 14.5 Å². The number of fused-ring (bicyclic) bond motifs is 1. The van der Waals surface area contributed by atoms with Gasteiger partial charge in [-0.05, 0) is 60.4 Å². The third-order valence-electron chi connectivity index (χ3n) is 5.73. The van der Waals surface area contributed by atoms with E-state index in [2.05, 4.69) is 39.8 Å². The normalized spacial score (nSPS) is 11.5. The predicted molar refractivity (Wildman–Crippen MR) is 133 cm³/mol. The second kappa shape index (κ2) is 9.10. The quantitative estimate of drug-likeness (QED) is 0.381. The maximum absolute atomic E-state index is 13.4. The fraction of sp³-hybridized carbons (Fsp3) is 0.286. The highest BCUT2D eigenvalue weighted by Gasteiger charge is 2.19. The monoisotopic (exact) mass is 442 g/mol. The summed E-state index contributed by atoms with van der Waals surface area (Å²) in [4.78, 5) is 18.2. The van der Waals surface area contributed by atoms with E-state index in [0.29, 0.717) is 29.9 Å². The van der Waals surface area contributed by atoms with Crippen molar-refractivity contribution >= 4 is 10.9 Å². The Balaban J connectivity index is 1.70. The van der Waals surface area contributed by atoms with Gasteiger partial charge in [0.25, 0.3) is 5.56 Å².